The van der Waals surface area contributed by atoms with E-state index in [1.54, 1.807) is 0 Å². The van der Waals surface area contributed by atoms with Crippen LogP contribution in [0.4, 0.5) is 19.0 Å². The van der Waals surface area contributed by atoms with Crippen molar-refractivity contribution < 1.29 is 17.9 Å². The van der Waals surface area contributed by atoms with Gasteiger partial charge >= 0.3 is 6.18 Å². The molecule has 1 aliphatic rings. The zero-order valence-electron chi connectivity index (χ0n) is 9.59. The Bertz CT molecular complexity index is 439. The topological polar surface area (TPSA) is 34.1 Å². The summed E-state index contributed by atoms with van der Waals surface area (Å²) in [6.07, 6.45) is -3.75. The smallest absolute Gasteiger partial charge is 0.376 e. The Hall–Kier alpha value is -1.01. The molecule has 7 heteroatoms. The Kier molecular flexibility index (Phi) is 3.68. The lowest BCUT2D eigenvalue weighted by atomic mass is 10.1. The molecule has 18 heavy (non-hydrogen) atoms. The Morgan fingerprint density at radius 2 is 2.17 bits per heavy atom. The molecule has 0 bridgehead atoms. The van der Waals surface area contributed by atoms with E-state index >= 15 is 0 Å². The van der Waals surface area contributed by atoms with Gasteiger partial charge in [-0.15, -0.1) is 0 Å². The monoisotopic (exact) mass is 280 g/mol. The van der Waals surface area contributed by atoms with E-state index in [-0.39, 0.29) is 23.1 Å². The number of nitrogens with one attached hydrogen (secondary N) is 1. The van der Waals surface area contributed by atoms with Gasteiger partial charge in [-0.1, -0.05) is 11.6 Å². The van der Waals surface area contributed by atoms with Gasteiger partial charge in [0.1, 0.15) is 11.0 Å². The van der Waals surface area contributed by atoms with Gasteiger partial charge in [0, 0.05) is 6.61 Å². The number of rotatable bonds is 2. The molecule has 0 radical (unpaired) electrons. The van der Waals surface area contributed by atoms with Crippen LogP contribution in [0.25, 0.3) is 0 Å². The van der Waals surface area contributed by atoms with Gasteiger partial charge in [0.25, 0.3) is 0 Å². The van der Waals surface area contributed by atoms with Gasteiger partial charge in [0.15, 0.2) is 0 Å². The van der Waals surface area contributed by atoms with Crippen molar-refractivity contribution in [1.82, 2.24) is 4.98 Å². The summed E-state index contributed by atoms with van der Waals surface area (Å²) in [7, 11) is 0. The number of halogens is 4. The molecule has 2 rings (SSSR count). The second-order valence-electron chi connectivity index (χ2n) is 4.18. The highest BCUT2D eigenvalue weighted by molar-refractivity contribution is 6.29. The highest BCUT2D eigenvalue weighted by atomic mass is 35.5. The van der Waals surface area contributed by atoms with Gasteiger partial charge in [-0.25, -0.2) is 4.98 Å². The van der Waals surface area contributed by atoms with Crippen molar-refractivity contribution in [2.24, 2.45) is 0 Å². The number of hydrogen-bond acceptors (Lipinski definition) is 3. The first-order valence-corrected chi connectivity index (χ1v) is 5.87. The van der Waals surface area contributed by atoms with Crippen LogP contribution in [-0.4, -0.2) is 23.7 Å². The third-order valence-corrected chi connectivity index (χ3v) is 3.02. The quantitative estimate of drug-likeness (QED) is 0.844. The molecule has 0 spiro atoms. The summed E-state index contributed by atoms with van der Waals surface area (Å²) < 4.78 is 43.1. The number of aromatic nitrogens is 1. The average Bonchev–Trinajstić information content (AvgIpc) is 2.62. The minimum atomic E-state index is -4.43. The third kappa shape index (κ3) is 3.05. The maximum absolute atomic E-state index is 12.6. The highest BCUT2D eigenvalue weighted by Crippen LogP contribution is 2.32. The molecule has 2 atom stereocenters. The molecule has 1 fully saturated rings. The minimum Gasteiger partial charge on any atom is -0.376 e. The van der Waals surface area contributed by atoms with E-state index < -0.39 is 11.7 Å². The molecule has 100 valence electrons. The summed E-state index contributed by atoms with van der Waals surface area (Å²) in [4.78, 5) is 3.84. The zero-order valence-corrected chi connectivity index (χ0v) is 10.3. The fraction of sp³-hybridized carbons (Fsp3) is 0.545. The van der Waals surface area contributed by atoms with Crippen molar-refractivity contribution in [2.75, 3.05) is 11.9 Å². The number of hydrogen-bond donors (Lipinski definition) is 1. The van der Waals surface area contributed by atoms with Crippen molar-refractivity contribution in [3.8, 4) is 0 Å². The summed E-state index contributed by atoms with van der Waals surface area (Å²) in [5, 5.41) is 2.74. The summed E-state index contributed by atoms with van der Waals surface area (Å²) in [5.74, 6) is 0.122. The molecule has 1 aromatic rings. The summed E-state index contributed by atoms with van der Waals surface area (Å²) in [6, 6.07) is 1.72. The van der Waals surface area contributed by atoms with Crippen LogP contribution in [-0.2, 0) is 10.9 Å². The van der Waals surface area contributed by atoms with Gasteiger partial charge in [0.2, 0.25) is 0 Å². The van der Waals surface area contributed by atoms with Gasteiger partial charge < -0.3 is 10.1 Å². The van der Waals surface area contributed by atoms with Crippen LogP contribution in [0.3, 0.4) is 0 Å². The number of pyridine rings is 1. The Balaban J connectivity index is 2.20. The van der Waals surface area contributed by atoms with Crippen LogP contribution in [0.15, 0.2) is 12.1 Å². The normalized spacial score (nSPS) is 24.3. The van der Waals surface area contributed by atoms with E-state index in [2.05, 4.69) is 10.3 Å². The molecule has 0 aliphatic carbocycles. The van der Waals surface area contributed by atoms with Gasteiger partial charge in [0.05, 0.1) is 17.7 Å². The molecule has 0 saturated carbocycles. The fourth-order valence-corrected chi connectivity index (χ4v) is 2.05. The van der Waals surface area contributed by atoms with Crippen molar-refractivity contribution in [3.05, 3.63) is 22.8 Å². The van der Waals surface area contributed by atoms with E-state index in [1.165, 1.54) is 0 Å². The molecule has 3 nitrogen and oxygen atoms in total. The fourth-order valence-electron chi connectivity index (χ4n) is 1.85. The summed E-state index contributed by atoms with van der Waals surface area (Å²) in [6.45, 7) is 2.45. The number of anilines is 1. The predicted molar refractivity (Wildman–Crippen MR) is 61.7 cm³/mol. The standard InChI is InChI=1S/C11H12ClF3N2O/c1-6-8(2-3-18-6)16-10-5-7(11(13,14)15)4-9(12)17-10/h4-6,8H,2-3H2,1H3,(H,16,17). The van der Waals surface area contributed by atoms with E-state index in [4.69, 9.17) is 16.3 Å². The van der Waals surface area contributed by atoms with Gasteiger partial charge in [-0.3, -0.25) is 0 Å². The molecular weight excluding hydrogens is 269 g/mol. The van der Waals surface area contributed by atoms with Gasteiger partial charge in [-0.05, 0) is 25.5 Å². The van der Waals surface area contributed by atoms with E-state index in [0.717, 1.165) is 18.6 Å². The van der Waals surface area contributed by atoms with Crippen molar-refractivity contribution >= 4 is 17.4 Å². The molecule has 0 aromatic carbocycles. The maximum Gasteiger partial charge on any atom is 0.416 e. The molecular formula is C11H12ClF3N2O. The minimum absolute atomic E-state index is 0.0444. The van der Waals surface area contributed by atoms with Crippen LogP contribution in [0.1, 0.15) is 18.9 Å². The number of ether oxygens (including phenoxy) is 1. The maximum atomic E-state index is 12.6. The van der Waals surface area contributed by atoms with Crippen LogP contribution in [0, 0.1) is 0 Å². The van der Waals surface area contributed by atoms with Crippen LogP contribution in [0.5, 0.6) is 0 Å². The van der Waals surface area contributed by atoms with Crippen molar-refractivity contribution in [2.45, 2.75) is 31.7 Å². The van der Waals surface area contributed by atoms with Crippen molar-refractivity contribution in [1.29, 1.82) is 0 Å². The van der Waals surface area contributed by atoms with Crippen molar-refractivity contribution in [3.63, 3.8) is 0 Å². The molecule has 2 heterocycles. The first-order chi connectivity index (χ1) is 8.36. The summed E-state index contributed by atoms with van der Waals surface area (Å²) in [5.41, 5.74) is -0.809. The van der Waals surface area contributed by atoms with E-state index in [0.29, 0.717) is 6.61 Å². The lowest BCUT2D eigenvalue weighted by Crippen LogP contribution is -2.27. The number of alkyl halides is 3. The largest absolute Gasteiger partial charge is 0.416 e. The van der Waals surface area contributed by atoms with Crippen LogP contribution >= 0.6 is 11.6 Å². The number of nitrogens with zero attached hydrogens (tertiary/aromatic N) is 1. The lowest BCUT2D eigenvalue weighted by molar-refractivity contribution is -0.137. The molecule has 1 saturated heterocycles. The summed E-state index contributed by atoms with van der Waals surface area (Å²) >= 11 is 5.60. The van der Waals surface area contributed by atoms with Crippen LogP contribution in [0.2, 0.25) is 5.15 Å². The zero-order chi connectivity index (χ0) is 13.3. The molecule has 1 aliphatic heterocycles. The van der Waals surface area contributed by atoms with Crippen LogP contribution < -0.4 is 5.32 Å². The molecule has 2 unspecified atom stereocenters. The van der Waals surface area contributed by atoms with Gasteiger partial charge in [-0.2, -0.15) is 13.2 Å². The first kappa shape index (κ1) is 13.4. The Morgan fingerprint density at radius 1 is 1.44 bits per heavy atom. The predicted octanol–water partition coefficient (Wildman–Crippen LogP) is 3.34. The lowest BCUT2D eigenvalue weighted by Gasteiger charge is -2.17. The molecule has 1 N–H and O–H groups in total. The molecule has 1 aromatic heterocycles. The first-order valence-electron chi connectivity index (χ1n) is 5.49. The second-order valence-corrected chi connectivity index (χ2v) is 4.56. The molecule has 0 amide bonds. The average molecular weight is 281 g/mol. The third-order valence-electron chi connectivity index (χ3n) is 2.83. The Labute approximate surface area is 107 Å². The SMILES string of the molecule is CC1OCCC1Nc1cc(C(F)(F)F)cc(Cl)n1. The second kappa shape index (κ2) is 4.93. The Morgan fingerprint density at radius 3 is 2.72 bits per heavy atom. The van der Waals surface area contributed by atoms with E-state index in [9.17, 15) is 13.2 Å². The van der Waals surface area contributed by atoms with E-state index in [1.807, 2.05) is 6.92 Å². The highest BCUT2D eigenvalue weighted by Gasteiger charge is 2.32.